The summed E-state index contributed by atoms with van der Waals surface area (Å²) in [5.41, 5.74) is 1.48. The van der Waals surface area contributed by atoms with E-state index in [0.29, 0.717) is 0 Å². The number of likely N-dealkylation sites (tertiary alicyclic amines) is 1. The number of aryl methyl sites for hydroxylation is 1. The lowest BCUT2D eigenvalue weighted by molar-refractivity contribution is 0.126. The van der Waals surface area contributed by atoms with E-state index in [9.17, 15) is 0 Å². The Morgan fingerprint density at radius 1 is 1.20 bits per heavy atom. The second-order valence-electron chi connectivity index (χ2n) is 6.03. The zero-order valence-electron chi connectivity index (χ0n) is 12.9. The molecule has 1 aliphatic heterocycles. The van der Waals surface area contributed by atoms with Crippen LogP contribution in [-0.4, -0.2) is 38.3 Å². The SMILES string of the molecule is COCCC1CCCN(CCCCc2ccccc2)C1. The maximum Gasteiger partial charge on any atom is 0.0465 e. The number of rotatable bonds is 8. The van der Waals surface area contributed by atoms with Crippen LogP contribution in [0.1, 0.15) is 37.7 Å². The number of nitrogens with zero attached hydrogens (tertiary/aromatic N) is 1. The molecule has 20 heavy (non-hydrogen) atoms. The number of unbranched alkanes of at least 4 members (excludes halogenated alkanes) is 1. The number of ether oxygens (including phenoxy) is 1. The van der Waals surface area contributed by atoms with Gasteiger partial charge in [-0.2, -0.15) is 0 Å². The van der Waals surface area contributed by atoms with Gasteiger partial charge in [0.15, 0.2) is 0 Å². The molecule has 0 radical (unpaired) electrons. The second-order valence-corrected chi connectivity index (χ2v) is 6.03. The minimum Gasteiger partial charge on any atom is -0.385 e. The van der Waals surface area contributed by atoms with E-state index in [2.05, 4.69) is 35.2 Å². The molecule has 2 rings (SSSR count). The van der Waals surface area contributed by atoms with E-state index >= 15 is 0 Å². The summed E-state index contributed by atoms with van der Waals surface area (Å²) in [5, 5.41) is 0. The average Bonchev–Trinajstić information content (AvgIpc) is 2.51. The summed E-state index contributed by atoms with van der Waals surface area (Å²) in [5.74, 6) is 0.859. The lowest BCUT2D eigenvalue weighted by Gasteiger charge is -2.32. The Bertz CT molecular complexity index is 352. The Balaban J connectivity index is 1.59. The molecule has 112 valence electrons. The quantitative estimate of drug-likeness (QED) is 0.670. The van der Waals surface area contributed by atoms with Crippen LogP contribution in [0.2, 0.25) is 0 Å². The van der Waals surface area contributed by atoms with Gasteiger partial charge in [-0.05, 0) is 63.1 Å². The Kier molecular flexibility index (Phi) is 7.10. The summed E-state index contributed by atoms with van der Waals surface area (Å²) >= 11 is 0. The molecule has 0 aromatic heterocycles. The topological polar surface area (TPSA) is 12.5 Å². The van der Waals surface area contributed by atoms with E-state index in [-0.39, 0.29) is 0 Å². The minimum atomic E-state index is 0.859. The van der Waals surface area contributed by atoms with Crippen molar-refractivity contribution in [3.8, 4) is 0 Å². The van der Waals surface area contributed by atoms with Gasteiger partial charge in [0.1, 0.15) is 0 Å². The number of benzene rings is 1. The molecule has 1 fully saturated rings. The van der Waals surface area contributed by atoms with Gasteiger partial charge in [0.25, 0.3) is 0 Å². The van der Waals surface area contributed by atoms with Crippen LogP contribution in [0.25, 0.3) is 0 Å². The van der Waals surface area contributed by atoms with E-state index in [1.54, 1.807) is 0 Å². The van der Waals surface area contributed by atoms with Crippen molar-refractivity contribution in [2.45, 2.75) is 38.5 Å². The van der Waals surface area contributed by atoms with Crippen LogP contribution < -0.4 is 0 Å². The zero-order valence-corrected chi connectivity index (χ0v) is 12.9. The van der Waals surface area contributed by atoms with Crippen molar-refractivity contribution in [2.75, 3.05) is 33.4 Å². The molecule has 1 saturated heterocycles. The van der Waals surface area contributed by atoms with E-state index in [4.69, 9.17) is 4.74 Å². The van der Waals surface area contributed by atoms with Crippen molar-refractivity contribution in [1.29, 1.82) is 0 Å². The first-order valence-electron chi connectivity index (χ1n) is 8.13. The van der Waals surface area contributed by atoms with Crippen LogP contribution in [0.5, 0.6) is 0 Å². The first-order chi connectivity index (χ1) is 9.88. The van der Waals surface area contributed by atoms with E-state index < -0.39 is 0 Å². The highest BCUT2D eigenvalue weighted by Gasteiger charge is 2.18. The Labute approximate surface area is 124 Å². The Morgan fingerprint density at radius 3 is 2.85 bits per heavy atom. The molecule has 1 heterocycles. The smallest absolute Gasteiger partial charge is 0.0465 e. The largest absolute Gasteiger partial charge is 0.385 e. The van der Waals surface area contributed by atoms with E-state index in [1.807, 2.05) is 7.11 Å². The molecule has 0 spiro atoms. The van der Waals surface area contributed by atoms with Gasteiger partial charge < -0.3 is 9.64 Å². The minimum absolute atomic E-state index is 0.859. The molecule has 1 aromatic carbocycles. The third kappa shape index (κ3) is 5.64. The zero-order chi connectivity index (χ0) is 14.0. The van der Waals surface area contributed by atoms with Gasteiger partial charge in [0.05, 0.1) is 0 Å². The van der Waals surface area contributed by atoms with Gasteiger partial charge in [-0.1, -0.05) is 30.3 Å². The monoisotopic (exact) mass is 275 g/mol. The number of methoxy groups -OCH3 is 1. The summed E-state index contributed by atoms with van der Waals surface area (Å²) < 4.78 is 5.21. The maximum absolute atomic E-state index is 5.21. The van der Waals surface area contributed by atoms with Crippen LogP contribution in [0.3, 0.4) is 0 Å². The van der Waals surface area contributed by atoms with E-state index in [1.165, 1.54) is 63.7 Å². The van der Waals surface area contributed by atoms with Gasteiger partial charge in [-0.15, -0.1) is 0 Å². The van der Waals surface area contributed by atoms with Gasteiger partial charge in [0, 0.05) is 20.3 Å². The number of piperidine rings is 1. The van der Waals surface area contributed by atoms with Crippen LogP contribution in [0, 0.1) is 5.92 Å². The number of hydrogen-bond acceptors (Lipinski definition) is 2. The van der Waals surface area contributed by atoms with Crippen LogP contribution in [-0.2, 0) is 11.2 Å². The third-order valence-corrected chi connectivity index (χ3v) is 4.37. The van der Waals surface area contributed by atoms with Crippen LogP contribution in [0.15, 0.2) is 30.3 Å². The molecule has 1 aromatic rings. The fourth-order valence-corrected chi connectivity index (χ4v) is 3.18. The van der Waals surface area contributed by atoms with Crippen molar-refractivity contribution < 1.29 is 4.74 Å². The first kappa shape index (κ1) is 15.5. The third-order valence-electron chi connectivity index (χ3n) is 4.37. The summed E-state index contributed by atoms with van der Waals surface area (Å²) in [6.07, 6.45) is 7.85. The molecule has 1 unspecified atom stereocenters. The second kappa shape index (κ2) is 9.15. The summed E-state index contributed by atoms with van der Waals surface area (Å²) in [7, 11) is 1.81. The van der Waals surface area contributed by atoms with Gasteiger partial charge in [0.2, 0.25) is 0 Å². The van der Waals surface area contributed by atoms with Crippen molar-refractivity contribution in [2.24, 2.45) is 5.92 Å². The Morgan fingerprint density at radius 2 is 2.05 bits per heavy atom. The van der Waals surface area contributed by atoms with Crippen LogP contribution >= 0.6 is 0 Å². The Hall–Kier alpha value is -0.860. The lowest BCUT2D eigenvalue weighted by Crippen LogP contribution is -2.36. The number of hydrogen-bond donors (Lipinski definition) is 0. The molecule has 0 aliphatic carbocycles. The molecule has 0 N–H and O–H groups in total. The van der Waals surface area contributed by atoms with Crippen molar-refractivity contribution in [3.63, 3.8) is 0 Å². The molecule has 1 aliphatic rings. The summed E-state index contributed by atoms with van der Waals surface area (Å²) in [6, 6.07) is 10.8. The summed E-state index contributed by atoms with van der Waals surface area (Å²) in [6.45, 7) is 4.78. The lowest BCUT2D eigenvalue weighted by atomic mass is 9.95. The molecule has 1 atom stereocenters. The van der Waals surface area contributed by atoms with Crippen molar-refractivity contribution in [3.05, 3.63) is 35.9 Å². The maximum atomic E-state index is 5.21. The highest BCUT2D eigenvalue weighted by molar-refractivity contribution is 5.14. The fourth-order valence-electron chi connectivity index (χ4n) is 3.18. The van der Waals surface area contributed by atoms with Crippen molar-refractivity contribution in [1.82, 2.24) is 4.90 Å². The van der Waals surface area contributed by atoms with Gasteiger partial charge in [-0.25, -0.2) is 0 Å². The van der Waals surface area contributed by atoms with Crippen molar-refractivity contribution >= 4 is 0 Å². The normalized spacial score (nSPS) is 20.1. The average molecular weight is 275 g/mol. The highest BCUT2D eigenvalue weighted by Crippen LogP contribution is 2.20. The molecule has 0 amide bonds. The van der Waals surface area contributed by atoms with E-state index in [0.717, 1.165) is 12.5 Å². The molecular weight excluding hydrogens is 246 g/mol. The first-order valence-corrected chi connectivity index (χ1v) is 8.13. The predicted molar refractivity (Wildman–Crippen MR) is 85.0 cm³/mol. The van der Waals surface area contributed by atoms with Gasteiger partial charge in [-0.3, -0.25) is 0 Å². The standard InChI is InChI=1S/C18H29NO/c1-20-15-12-18-11-7-14-19(16-18)13-6-5-10-17-8-3-2-4-9-17/h2-4,8-9,18H,5-7,10-16H2,1H3. The van der Waals surface area contributed by atoms with Gasteiger partial charge >= 0.3 is 0 Å². The molecule has 0 bridgehead atoms. The molecule has 0 saturated carbocycles. The molecule has 2 nitrogen and oxygen atoms in total. The fraction of sp³-hybridized carbons (Fsp3) is 0.667. The molecule has 2 heteroatoms. The predicted octanol–water partition coefficient (Wildman–Crippen LogP) is 3.76. The summed E-state index contributed by atoms with van der Waals surface area (Å²) in [4.78, 5) is 2.66. The highest BCUT2D eigenvalue weighted by atomic mass is 16.5. The molecular formula is C18H29NO. The van der Waals surface area contributed by atoms with Crippen LogP contribution in [0.4, 0.5) is 0 Å².